The third kappa shape index (κ3) is 3.13. The molecule has 0 radical (unpaired) electrons. The van der Waals surface area contributed by atoms with Crippen molar-refractivity contribution < 1.29 is 14.3 Å². The monoisotopic (exact) mass is 386 g/mol. The molecule has 1 aliphatic heterocycles. The standard InChI is InChI=1S/C19H15ClN2O3S/c1-22(15-8-4-3-7-13(15)20)19(23)25-18-21-14-10-11-24-16-9-5-2-6-12(16)17(14)26-18/h2-9H,10-11H2,1H3. The number of thiazole rings is 1. The SMILES string of the molecule is CN(C(=O)Oc1nc2c(s1)-c1ccccc1OCC2)c1ccccc1Cl. The van der Waals surface area contributed by atoms with Gasteiger partial charge in [0.15, 0.2) is 0 Å². The Hall–Kier alpha value is -2.57. The maximum atomic E-state index is 12.5. The zero-order valence-corrected chi connectivity index (χ0v) is 15.5. The number of fused-ring (bicyclic) bond motifs is 3. The van der Waals surface area contributed by atoms with E-state index in [-0.39, 0.29) is 0 Å². The van der Waals surface area contributed by atoms with Crippen molar-refractivity contribution in [2.45, 2.75) is 6.42 Å². The molecule has 5 nitrogen and oxygen atoms in total. The summed E-state index contributed by atoms with van der Waals surface area (Å²) in [5.74, 6) is 0.820. The smallest absolute Gasteiger partial charge is 0.421 e. The Morgan fingerprint density at radius 2 is 2.00 bits per heavy atom. The number of rotatable bonds is 2. The van der Waals surface area contributed by atoms with Crippen molar-refractivity contribution in [3.8, 4) is 21.4 Å². The van der Waals surface area contributed by atoms with Crippen LogP contribution in [-0.2, 0) is 6.42 Å². The minimum atomic E-state index is -0.536. The fourth-order valence-corrected chi connectivity index (χ4v) is 4.01. The van der Waals surface area contributed by atoms with Crippen molar-refractivity contribution in [2.24, 2.45) is 0 Å². The molecule has 0 aliphatic carbocycles. The highest BCUT2D eigenvalue weighted by Crippen LogP contribution is 2.41. The van der Waals surface area contributed by atoms with Gasteiger partial charge in [-0.3, -0.25) is 4.90 Å². The Kier molecular flexibility index (Phi) is 4.53. The second-order valence-electron chi connectivity index (χ2n) is 5.73. The number of carbonyl (C=O) groups is 1. The molecule has 132 valence electrons. The van der Waals surface area contributed by atoms with Crippen LogP contribution in [0.5, 0.6) is 10.9 Å². The van der Waals surface area contributed by atoms with Gasteiger partial charge in [-0.25, -0.2) is 9.78 Å². The van der Waals surface area contributed by atoms with Gasteiger partial charge in [-0.1, -0.05) is 47.2 Å². The van der Waals surface area contributed by atoms with Crippen LogP contribution >= 0.6 is 22.9 Å². The molecule has 1 amide bonds. The Balaban J connectivity index is 1.60. The molecule has 2 heterocycles. The summed E-state index contributed by atoms with van der Waals surface area (Å²) >= 11 is 7.49. The number of benzene rings is 2. The molecule has 0 N–H and O–H groups in total. The average Bonchev–Trinajstić information content (AvgIpc) is 2.96. The number of carbonyl (C=O) groups excluding carboxylic acids is 1. The molecule has 1 aromatic heterocycles. The fraction of sp³-hybridized carbons (Fsp3) is 0.158. The van der Waals surface area contributed by atoms with Crippen LogP contribution < -0.4 is 14.4 Å². The van der Waals surface area contributed by atoms with Gasteiger partial charge in [-0.2, -0.15) is 0 Å². The summed E-state index contributed by atoms with van der Waals surface area (Å²) in [6.45, 7) is 0.542. The Bertz CT molecular complexity index is 973. The molecule has 0 unspecified atom stereocenters. The zero-order valence-electron chi connectivity index (χ0n) is 13.9. The second-order valence-corrected chi connectivity index (χ2v) is 7.10. The summed E-state index contributed by atoms with van der Waals surface area (Å²) in [5.41, 5.74) is 2.43. The van der Waals surface area contributed by atoms with E-state index in [1.807, 2.05) is 36.4 Å². The average molecular weight is 387 g/mol. The number of halogens is 1. The fourth-order valence-electron chi connectivity index (χ4n) is 2.76. The number of nitrogens with zero attached hydrogens (tertiary/aromatic N) is 2. The highest BCUT2D eigenvalue weighted by atomic mass is 35.5. The van der Waals surface area contributed by atoms with Crippen LogP contribution in [-0.4, -0.2) is 24.7 Å². The van der Waals surface area contributed by atoms with Crippen molar-refractivity contribution in [2.75, 3.05) is 18.6 Å². The van der Waals surface area contributed by atoms with E-state index in [2.05, 4.69) is 4.98 Å². The van der Waals surface area contributed by atoms with Crippen LogP contribution in [0.4, 0.5) is 10.5 Å². The van der Waals surface area contributed by atoms with Crippen LogP contribution in [0.1, 0.15) is 5.69 Å². The highest BCUT2D eigenvalue weighted by Gasteiger charge is 2.23. The molecule has 7 heteroatoms. The minimum absolute atomic E-state index is 0.315. The van der Waals surface area contributed by atoms with Crippen LogP contribution in [0.3, 0.4) is 0 Å². The van der Waals surface area contributed by atoms with E-state index in [1.165, 1.54) is 16.2 Å². The normalized spacial score (nSPS) is 12.4. The van der Waals surface area contributed by atoms with E-state index in [0.717, 1.165) is 21.9 Å². The molecule has 26 heavy (non-hydrogen) atoms. The molecule has 2 aromatic carbocycles. The van der Waals surface area contributed by atoms with Crippen molar-refractivity contribution >= 4 is 34.7 Å². The second kappa shape index (κ2) is 6.97. The van der Waals surface area contributed by atoms with E-state index in [0.29, 0.717) is 28.9 Å². The zero-order chi connectivity index (χ0) is 18.1. The number of para-hydroxylation sites is 2. The molecule has 0 fully saturated rings. The predicted molar refractivity (Wildman–Crippen MR) is 103 cm³/mol. The first-order chi connectivity index (χ1) is 12.6. The molecular weight excluding hydrogens is 372 g/mol. The number of anilines is 1. The van der Waals surface area contributed by atoms with Crippen LogP contribution in [0.25, 0.3) is 10.4 Å². The number of ether oxygens (including phenoxy) is 2. The van der Waals surface area contributed by atoms with E-state index in [1.54, 1.807) is 19.2 Å². The minimum Gasteiger partial charge on any atom is -0.493 e. The molecule has 3 aromatic rings. The third-order valence-electron chi connectivity index (χ3n) is 4.07. The largest absolute Gasteiger partial charge is 0.493 e. The quantitative estimate of drug-likeness (QED) is 0.619. The van der Waals surface area contributed by atoms with Crippen molar-refractivity contribution in [3.05, 3.63) is 59.2 Å². The maximum Gasteiger partial charge on any atom is 0.421 e. The van der Waals surface area contributed by atoms with Gasteiger partial charge < -0.3 is 9.47 Å². The summed E-state index contributed by atoms with van der Waals surface area (Å²) in [7, 11) is 1.62. The van der Waals surface area contributed by atoms with Gasteiger partial charge >= 0.3 is 6.09 Å². The molecule has 1 aliphatic rings. The first kappa shape index (κ1) is 16.9. The number of aromatic nitrogens is 1. The van der Waals surface area contributed by atoms with Gasteiger partial charge in [0.2, 0.25) is 0 Å². The Morgan fingerprint density at radius 1 is 1.23 bits per heavy atom. The topological polar surface area (TPSA) is 51.7 Å². The van der Waals surface area contributed by atoms with Crippen LogP contribution in [0.15, 0.2) is 48.5 Å². The Morgan fingerprint density at radius 3 is 2.85 bits per heavy atom. The lowest BCUT2D eigenvalue weighted by atomic mass is 10.1. The lowest BCUT2D eigenvalue weighted by molar-refractivity contribution is 0.209. The Labute approximate surface area is 159 Å². The highest BCUT2D eigenvalue weighted by molar-refractivity contribution is 7.17. The van der Waals surface area contributed by atoms with E-state index in [4.69, 9.17) is 21.1 Å². The van der Waals surface area contributed by atoms with Crippen molar-refractivity contribution in [1.82, 2.24) is 4.98 Å². The van der Waals surface area contributed by atoms with Gasteiger partial charge in [-0.05, 0) is 24.3 Å². The van der Waals surface area contributed by atoms with Crippen LogP contribution in [0.2, 0.25) is 5.02 Å². The first-order valence-corrected chi connectivity index (χ1v) is 9.25. The van der Waals surface area contributed by atoms with Crippen LogP contribution in [0, 0.1) is 0 Å². The predicted octanol–water partition coefficient (Wildman–Crippen LogP) is 5.03. The maximum absolute atomic E-state index is 12.5. The van der Waals surface area contributed by atoms with E-state index < -0.39 is 6.09 Å². The van der Waals surface area contributed by atoms with Crippen molar-refractivity contribution in [1.29, 1.82) is 0 Å². The lowest BCUT2D eigenvalue weighted by Crippen LogP contribution is -2.29. The number of hydrogen-bond donors (Lipinski definition) is 0. The van der Waals surface area contributed by atoms with E-state index in [9.17, 15) is 4.79 Å². The lowest BCUT2D eigenvalue weighted by Gasteiger charge is -2.16. The van der Waals surface area contributed by atoms with Gasteiger partial charge in [0.1, 0.15) is 5.75 Å². The molecular formula is C19H15ClN2O3S. The van der Waals surface area contributed by atoms with Gasteiger partial charge in [0.25, 0.3) is 5.19 Å². The summed E-state index contributed by atoms with van der Waals surface area (Å²) in [6.07, 6.45) is 0.129. The summed E-state index contributed by atoms with van der Waals surface area (Å²) in [6, 6.07) is 14.9. The number of hydrogen-bond acceptors (Lipinski definition) is 5. The van der Waals surface area contributed by atoms with Gasteiger partial charge in [-0.15, -0.1) is 0 Å². The molecule has 0 saturated heterocycles. The summed E-state index contributed by atoms with van der Waals surface area (Å²) in [4.78, 5) is 19.3. The number of amides is 1. The van der Waals surface area contributed by atoms with Gasteiger partial charge in [0, 0.05) is 19.0 Å². The molecule has 4 rings (SSSR count). The van der Waals surface area contributed by atoms with E-state index >= 15 is 0 Å². The molecule has 0 atom stereocenters. The molecule has 0 saturated carbocycles. The van der Waals surface area contributed by atoms with Gasteiger partial charge in [0.05, 0.1) is 27.9 Å². The van der Waals surface area contributed by atoms with Crippen molar-refractivity contribution in [3.63, 3.8) is 0 Å². The molecule has 0 bridgehead atoms. The third-order valence-corrected chi connectivity index (χ3v) is 5.40. The first-order valence-electron chi connectivity index (χ1n) is 8.05. The summed E-state index contributed by atoms with van der Waals surface area (Å²) in [5, 5.41) is 0.795. The summed E-state index contributed by atoms with van der Waals surface area (Å²) < 4.78 is 11.2. The molecule has 0 spiro atoms.